The molecule has 0 aliphatic rings. The van der Waals surface area contributed by atoms with E-state index >= 15 is 0 Å². The second kappa shape index (κ2) is 4.42. The third kappa shape index (κ3) is 2.56. The number of hydrogen-bond acceptors (Lipinski definition) is 2. The zero-order valence-electron chi connectivity index (χ0n) is 8.96. The highest BCUT2D eigenvalue weighted by Crippen LogP contribution is 2.05. The second-order valence-corrected chi connectivity index (χ2v) is 3.59. The summed E-state index contributed by atoms with van der Waals surface area (Å²) in [6.07, 6.45) is 3.07. The SMILES string of the molecule is CNC(C)CCn1cnc(C)c1C. The molecule has 13 heavy (non-hydrogen) atoms. The number of nitrogens with zero attached hydrogens (tertiary/aromatic N) is 2. The molecule has 74 valence electrons. The van der Waals surface area contributed by atoms with Gasteiger partial charge in [0.25, 0.3) is 0 Å². The maximum atomic E-state index is 4.26. The van der Waals surface area contributed by atoms with Crippen molar-refractivity contribution in [3.05, 3.63) is 17.7 Å². The summed E-state index contributed by atoms with van der Waals surface area (Å²) >= 11 is 0. The van der Waals surface area contributed by atoms with Crippen LogP contribution in [0.25, 0.3) is 0 Å². The summed E-state index contributed by atoms with van der Waals surface area (Å²) in [4.78, 5) is 4.26. The summed E-state index contributed by atoms with van der Waals surface area (Å²) in [5.41, 5.74) is 2.42. The van der Waals surface area contributed by atoms with E-state index in [9.17, 15) is 0 Å². The standard InChI is InChI=1S/C10H19N3/c1-8(11-4)5-6-13-7-12-9(2)10(13)3/h7-8,11H,5-6H2,1-4H3. The van der Waals surface area contributed by atoms with Gasteiger partial charge < -0.3 is 9.88 Å². The Morgan fingerprint density at radius 1 is 1.54 bits per heavy atom. The highest BCUT2D eigenvalue weighted by Gasteiger charge is 2.03. The Bertz CT molecular complexity index is 265. The first-order valence-corrected chi connectivity index (χ1v) is 4.80. The van der Waals surface area contributed by atoms with Gasteiger partial charge in [0.15, 0.2) is 0 Å². The van der Waals surface area contributed by atoms with E-state index in [1.165, 1.54) is 5.69 Å². The van der Waals surface area contributed by atoms with Crippen LogP contribution in [0.4, 0.5) is 0 Å². The predicted octanol–water partition coefficient (Wildman–Crippen LogP) is 1.50. The van der Waals surface area contributed by atoms with Crippen LogP contribution in [-0.4, -0.2) is 22.6 Å². The van der Waals surface area contributed by atoms with Crippen molar-refractivity contribution < 1.29 is 0 Å². The van der Waals surface area contributed by atoms with E-state index in [0.717, 1.165) is 18.7 Å². The van der Waals surface area contributed by atoms with E-state index in [-0.39, 0.29) is 0 Å². The molecular weight excluding hydrogens is 162 g/mol. The fraction of sp³-hybridized carbons (Fsp3) is 0.700. The van der Waals surface area contributed by atoms with Gasteiger partial charge in [0.1, 0.15) is 0 Å². The smallest absolute Gasteiger partial charge is 0.0951 e. The van der Waals surface area contributed by atoms with E-state index in [1.807, 2.05) is 20.3 Å². The number of aromatic nitrogens is 2. The Kier molecular flexibility index (Phi) is 3.48. The molecule has 1 aromatic heterocycles. The van der Waals surface area contributed by atoms with Crippen molar-refractivity contribution >= 4 is 0 Å². The molecule has 0 bridgehead atoms. The summed E-state index contributed by atoms with van der Waals surface area (Å²) < 4.78 is 2.21. The van der Waals surface area contributed by atoms with E-state index in [2.05, 4.69) is 28.7 Å². The van der Waals surface area contributed by atoms with Crippen LogP contribution in [0.1, 0.15) is 24.7 Å². The lowest BCUT2D eigenvalue weighted by molar-refractivity contribution is 0.505. The quantitative estimate of drug-likeness (QED) is 0.763. The van der Waals surface area contributed by atoms with Crippen molar-refractivity contribution in [3.8, 4) is 0 Å². The van der Waals surface area contributed by atoms with Crippen molar-refractivity contribution in [1.29, 1.82) is 0 Å². The van der Waals surface area contributed by atoms with Crippen LogP contribution in [0.3, 0.4) is 0 Å². The maximum absolute atomic E-state index is 4.26. The molecule has 0 aromatic carbocycles. The lowest BCUT2D eigenvalue weighted by Crippen LogP contribution is -2.22. The lowest BCUT2D eigenvalue weighted by atomic mass is 10.2. The molecule has 3 heteroatoms. The monoisotopic (exact) mass is 181 g/mol. The average Bonchev–Trinajstić information content (AvgIpc) is 2.44. The Labute approximate surface area is 80.2 Å². The zero-order valence-corrected chi connectivity index (χ0v) is 8.96. The normalized spacial score (nSPS) is 13.2. The molecule has 0 saturated heterocycles. The van der Waals surface area contributed by atoms with Gasteiger partial charge in [-0.3, -0.25) is 0 Å². The van der Waals surface area contributed by atoms with Gasteiger partial charge in [0, 0.05) is 18.3 Å². The van der Waals surface area contributed by atoms with Crippen LogP contribution in [0.5, 0.6) is 0 Å². The Hall–Kier alpha value is -0.830. The molecule has 0 radical (unpaired) electrons. The molecule has 0 saturated carbocycles. The first-order valence-electron chi connectivity index (χ1n) is 4.80. The molecule has 3 nitrogen and oxygen atoms in total. The number of hydrogen-bond donors (Lipinski definition) is 1. The van der Waals surface area contributed by atoms with Gasteiger partial charge in [-0.05, 0) is 34.2 Å². The predicted molar refractivity (Wildman–Crippen MR) is 54.8 cm³/mol. The van der Waals surface area contributed by atoms with Gasteiger partial charge in [0.2, 0.25) is 0 Å². The van der Waals surface area contributed by atoms with Crippen LogP contribution in [0.15, 0.2) is 6.33 Å². The number of aryl methyl sites for hydroxylation is 2. The fourth-order valence-electron chi connectivity index (χ4n) is 1.25. The van der Waals surface area contributed by atoms with E-state index in [4.69, 9.17) is 0 Å². The molecule has 0 aliphatic carbocycles. The topological polar surface area (TPSA) is 29.9 Å². The molecule has 1 N–H and O–H groups in total. The van der Waals surface area contributed by atoms with E-state index in [0.29, 0.717) is 6.04 Å². The van der Waals surface area contributed by atoms with Crippen molar-refractivity contribution in [1.82, 2.24) is 14.9 Å². The molecule has 1 heterocycles. The molecule has 0 amide bonds. The first-order chi connectivity index (χ1) is 6.15. The third-order valence-corrected chi connectivity index (χ3v) is 2.64. The van der Waals surface area contributed by atoms with E-state index in [1.54, 1.807) is 0 Å². The van der Waals surface area contributed by atoms with Gasteiger partial charge in [-0.25, -0.2) is 4.98 Å². The van der Waals surface area contributed by atoms with Crippen LogP contribution in [0, 0.1) is 13.8 Å². The molecule has 0 spiro atoms. The first kappa shape index (κ1) is 10.3. The lowest BCUT2D eigenvalue weighted by Gasteiger charge is -2.11. The third-order valence-electron chi connectivity index (χ3n) is 2.64. The molecule has 1 unspecified atom stereocenters. The summed E-state index contributed by atoms with van der Waals surface area (Å²) in [6.45, 7) is 7.41. The van der Waals surface area contributed by atoms with Gasteiger partial charge in [-0.15, -0.1) is 0 Å². The number of imidazole rings is 1. The summed E-state index contributed by atoms with van der Waals surface area (Å²) in [5.74, 6) is 0. The molecule has 1 aromatic rings. The van der Waals surface area contributed by atoms with Crippen molar-refractivity contribution in [3.63, 3.8) is 0 Å². The minimum absolute atomic E-state index is 0.571. The van der Waals surface area contributed by atoms with Crippen molar-refractivity contribution in [2.45, 2.75) is 39.8 Å². The van der Waals surface area contributed by atoms with Gasteiger partial charge in [-0.2, -0.15) is 0 Å². The maximum Gasteiger partial charge on any atom is 0.0951 e. The Morgan fingerprint density at radius 2 is 2.23 bits per heavy atom. The van der Waals surface area contributed by atoms with Gasteiger partial charge in [-0.1, -0.05) is 0 Å². The highest BCUT2D eigenvalue weighted by molar-refractivity contribution is 5.08. The van der Waals surface area contributed by atoms with Gasteiger partial charge >= 0.3 is 0 Å². The summed E-state index contributed by atoms with van der Waals surface area (Å²) in [5, 5.41) is 3.23. The van der Waals surface area contributed by atoms with Crippen LogP contribution >= 0.6 is 0 Å². The molecule has 0 fully saturated rings. The Balaban J connectivity index is 2.50. The molecule has 1 rings (SSSR count). The number of rotatable bonds is 4. The van der Waals surface area contributed by atoms with Crippen LogP contribution < -0.4 is 5.32 Å². The minimum Gasteiger partial charge on any atom is -0.335 e. The summed E-state index contributed by atoms with van der Waals surface area (Å²) in [6, 6.07) is 0.571. The van der Waals surface area contributed by atoms with Crippen molar-refractivity contribution in [2.24, 2.45) is 0 Å². The minimum atomic E-state index is 0.571. The highest BCUT2D eigenvalue weighted by atomic mass is 15.1. The zero-order chi connectivity index (χ0) is 9.84. The summed E-state index contributed by atoms with van der Waals surface area (Å²) in [7, 11) is 2.00. The fourth-order valence-corrected chi connectivity index (χ4v) is 1.25. The van der Waals surface area contributed by atoms with Gasteiger partial charge in [0.05, 0.1) is 12.0 Å². The Morgan fingerprint density at radius 3 is 2.69 bits per heavy atom. The van der Waals surface area contributed by atoms with Crippen molar-refractivity contribution in [2.75, 3.05) is 7.05 Å². The van der Waals surface area contributed by atoms with E-state index < -0.39 is 0 Å². The molecule has 0 aliphatic heterocycles. The second-order valence-electron chi connectivity index (χ2n) is 3.59. The van der Waals surface area contributed by atoms with Crippen LogP contribution in [0.2, 0.25) is 0 Å². The molecule has 1 atom stereocenters. The van der Waals surface area contributed by atoms with Crippen LogP contribution in [-0.2, 0) is 6.54 Å². The number of nitrogens with one attached hydrogen (secondary N) is 1. The molecular formula is C10H19N3. The average molecular weight is 181 g/mol. The largest absolute Gasteiger partial charge is 0.335 e.